The first kappa shape index (κ1) is 11.7. The first-order chi connectivity index (χ1) is 6.77. The fourth-order valence-electron chi connectivity index (χ4n) is 0.992. The van der Waals surface area contributed by atoms with Crippen LogP contribution >= 0.6 is 0 Å². The Bertz CT molecular complexity index is 350. The molecule has 0 N–H and O–H groups in total. The molecule has 0 aliphatic carbocycles. The summed E-state index contributed by atoms with van der Waals surface area (Å²) in [5, 5.41) is 0. The van der Waals surface area contributed by atoms with Crippen molar-refractivity contribution < 1.29 is 22.0 Å². The number of hydrogen-bond donors (Lipinski definition) is 0. The van der Waals surface area contributed by atoms with E-state index in [0.29, 0.717) is 0 Å². The molecule has 0 saturated carbocycles. The summed E-state index contributed by atoms with van der Waals surface area (Å²) >= 11 is 0. The van der Waals surface area contributed by atoms with Crippen molar-refractivity contribution in [2.75, 3.05) is 0 Å². The topological polar surface area (TPSA) is 0 Å². The molecule has 82 valence electrons. The Labute approximate surface area is 83.0 Å². The highest BCUT2D eigenvalue weighted by molar-refractivity contribution is 5.69. The van der Waals surface area contributed by atoms with E-state index in [4.69, 9.17) is 0 Å². The molecular weight excluding hydrogens is 215 g/mol. The highest BCUT2D eigenvalue weighted by Crippen LogP contribution is 2.44. The smallest absolute Gasteiger partial charge is 0.191 e. The Morgan fingerprint density at radius 3 is 1.80 bits per heavy atom. The minimum absolute atomic E-state index is 0.222. The zero-order valence-electron chi connectivity index (χ0n) is 7.48. The van der Waals surface area contributed by atoms with E-state index in [-0.39, 0.29) is 5.56 Å². The molecule has 1 rings (SSSR count). The van der Waals surface area contributed by atoms with Gasteiger partial charge in [0.25, 0.3) is 0 Å². The summed E-state index contributed by atoms with van der Waals surface area (Å²) in [5.41, 5.74) is -1.46. The Morgan fingerprint density at radius 1 is 0.933 bits per heavy atom. The van der Waals surface area contributed by atoms with Gasteiger partial charge in [-0.2, -0.15) is 22.0 Å². The van der Waals surface area contributed by atoms with Crippen molar-refractivity contribution in [2.45, 2.75) is 12.1 Å². The largest absolute Gasteiger partial charge is 0.458 e. The summed E-state index contributed by atoms with van der Waals surface area (Å²) in [6, 6.07) is 6.56. The monoisotopic (exact) mass is 222 g/mol. The Balaban J connectivity index is 3.06. The first-order valence-corrected chi connectivity index (χ1v) is 3.96. The molecule has 0 heterocycles. The van der Waals surface area contributed by atoms with Gasteiger partial charge in [-0.15, -0.1) is 0 Å². The van der Waals surface area contributed by atoms with E-state index in [1.807, 2.05) is 0 Å². The third-order valence-corrected chi connectivity index (χ3v) is 1.86. The standard InChI is InChI=1S/C10H7F5/c1-7(8-5-3-2-4-6-8)9(11,12)10(13,14)15/h2-6H,1H2. The average Bonchev–Trinajstić information content (AvgIpc) is 2.16. The van der Waals surface area contributed by atoms with E-state index in [1.165, 1.54) is 18.2 Å². The molecule has 0 fully saturated rings. The van der Waals surface area contributed by atoms with Gasteiger partial charge >= 0.3 is 12.1 Å². The van der Waals surface area contributed by atoms with Gasteiger partial charge in [0.1, 0.15) is 0 Å². The van der Waals surface area contributed by atoms with Gasteiger partial charge in [-0.1, -0.05) is 36.9 Å². The second-order valence-electron chi connectivity index (χ2n) is 2.92. The van der Waals surface area contributed by atoms with Gasteiger partial charge in [0, 0.05) is 5.57 Å². The van der Waals surface area contributed by atoms with Crippen molar-refractivity contribution in [3.8, 4) is 0 Å². The predicted molar refractivity (Wildman–Crippen MR) is 46.5 cm³/mol. The van der Waals surface area contributed by atoms with Crippen LogP contribution < -0.4 is 0 Å². The molecule has 5 heteroatoms. The van der Waals surface area contributed by atoms with Gasteiger partial charge in [0.15, 0.2) is 0 Å². The summed E-state index contributed by atoms with van der Waals surface area (Å²) in [6.07, 6.45) is -5.61. The Kier molecular flexibility index (Phi) is 2.83. The highest BCUT2D eigenvalue weighted by atomic mass is 19.4. The van der Waals surface area contributed by atoms with Crippen molar-refractivity contribution in [1.82, 2.24) is 0 Å². The molecule has 0 atom stereocenters. The summed E-state index contributed by atoms with van der Waals surface area (Å²) in [6.45, 7) is 2.79. The molecule has 0 aliphatic heterocycles. The van der Waals surface area contributed by atoms with E-state index >= 15 is 0 Å². The van der Waals surface area contributed by atoms with Crippen LogP contribution in [0.2, 0.25) is 0 Å². The van der Waals surface area contributed by atoms with E-state index in [2.05, 4.69) is 6.58 Å². The van der Waals surface area contributed by atoms with Crippen LogP contribution in [0.15, 0.2) is 36.9 Å². The SMILES string of the molecule is C=C(c1ccccc1)C(F)(F)C(F)(F)F. The minimum Gasteiger partial charge on any atom is -0.191 e. The maximum absolute atomic E-state index is 12.8. The van der Waals surface area contributed by atoms with Crippen LogP contribution in [0.25, 0.3) is 5.57 Å². The first-order valence-electron chi connectivity index (χ1n) is 3.96. The molecule has 15 heavy (non-hydrogen) atoms. The van der Waals surface area contributed by atoms with Gasteiger partial charge in [0.2, 0.25) is 0 Å². The molecule has 0 saturated heterocycles. The zero-order chi connectivity index (χ0) is 11.7. The van der Waals surface area contributed by atoms with E-state index in [0.717, 1.165) is 12.1 Å². The fraction of sp³-hybridized carbons (Fsp3) is 0.200. The molecule has 1 aromatic rings. The van der Waals surface area contributed by atoms with Gasteiger partial charge in [0.05, 0.1) is 0 Å². The molecule has 0 aliphatic rings. The second-order valence-corrected chi connectivity index (χ2v) is 2.92. The van der Waals surface area contributed by atoms with Crippen LogP contribution in [0, 0.1) is 0 Å². The summed E-state index contributed by atoms with van der Waals surface area (Å²) in [5.74, 6) is -4.89. The molecule has 0 amide bonds. The number of hydrogen-bond acceptors (Lipinski definition) is 0. The number of allylic oxidation sites excluding steroid dienone is 1. The average molecular weight is 222 g/mol. The quantitative estimate of drug-likeness (QED) is 0.666. The molecular formula is C10H7F5. The van der Waals surface area contributed by atoms with Gasteiger partial charge < -0.3 is 0 Å². The van der Waals surface area contributed by atoms with Crippen molar-refractivity contribution in [2.24, 2.45) is 0 Å². The van der Waals surface area contributed by atoms with E-state index < -0.39 is 17.7 Å². The van der Waals surface area contributed by atoms with Crippen molar-refractivity contribution in [1.29, 1.82) is 0 Å². The van der Waals surface area contributed by atoms with Crippen LogP contribution in [0.5, 0.6) is 0 Å². The number of benzene rings is 1. The molecule has 0 radical (unpaired) electrons. The van der Waals surface area contributed by atoms with Gasteiger partial charge in [-0.3, -0.25) is 0 Å². The van der Waals surface area contributed by atoms with Crippen LogP contribution in [0.3, 0.4) is 0 Å². The summed E-state index contributed by atoms with van der Waals surface area (Å²) in [4.78, 5) is 0. The van der Waals surface area contributed by atoms with Crippen LogP contribution in [0.1, 0.15) is 5.56 Å². The van der Waals surface area contributed by atoms with Crippen molar-refractivity contribution in [3.05, 3.63) is 42.5 Å². The fourth-order valence-corrected chi connectivity index (χ4v) is 0.992. The molecule has 0 spiro atoms. The van der Waals surface area contributed by atoms with Crippen molar-refractivity contribution >= 4 is 5.57 Å². The summed E-state index contributed by atoms with van der Waals surface area (Å²) in [7, 11) is 0. The Hall–Kier alpha value is -1.39. The Morgan fingerprint density at radius 2 is 1.40 bits per heavy atom. The van der Waals surface area contributed by atoms with Crippen LogP contribution in [0.4, 0.5) is 22.0 Å². The molecule has 0 nitrogen and oxygen atoms in total. The predicted octanol–water partition coefficient (Wildman–Crippen LogP) is 3.90. The maximum atomic E-state index is 12.8. The lowest BCUT2D eigenvalue weighted by atomic mass is 10.0. The highest BCUT2D eigenvalue weighted by Gasteiger charge is 2.59. The van der Waals surface area contributed by atoms with Crippen LogP contribution in [-0.2, 0) is 0 Å². The normalized spacial score (nSPS) is 12.6. The summed E-state index contributed by atoms with van der Waals surface area (Å²) < 4.78 is 61.4. The van der Waals surface area contributed by atoms with E-state index in [1.54, 1.807) is 0 Å². The molecule has 0 bridgehead atoms. The maximum Gasteiger partial charge on any atom is 0.458 e. The van der Waals surface area contributed by atoms with E-state index in [9.17, 15) is 22.0 Å². The van der Waals surface area contributed by atoms with Gasteiger partial charge in [-0.05, 0) is 5.56 Å². The molecule has 0 unspecified atom stereocenters. The van der Waals surface area contributed by atoms with Gasteiger partial charge in [-0.25, -0.2) is 0 Å². The lowest BCUT2D eigenvalue weighted by Crippen LogP contribution is -2.37. The lowest BCUT2D eigenvalue weighted by molar-refractivity contribution is -0.253. The minimum atomic E-state index is -5.61. The second kappa shape index (κ2) is 3.64. The third-order valence-electron chi connectivity index (χ3n) is 1.86. The number of alkyl halides is 5. The van der Waals surface area contributed by atoms with Crippen molar-refractivity contribution in [3.63, 3.8) is 0 Å². The van der Waals surface area contributed by atoms with Crippen LogP contribution in [-0.4, -0.2) is 12.1 Å². The lowest BCUT2D eigenvalue weighted by Gasteiger charge is -2.21. The zero-order valence-corrected chi connectivity index (χ0v) is 7.48. The molecule has 0 aromatic heterocycles. The third kappa shape index (κ3) is 2.16. The molecule has 1 aromatic carbocycles. The number of halogens is 5. The number of rotatable bonds is 2.